The van der Waals surface area contributed by atoms with Crippen LogP contribution in [0.4, 0.5) is 0 Å². The first kappa shape index (κ1) is 19.0. The van der Waals surface area contributed by atoms with Gasteiger partial charge in [-0.2, -0.15) is 15.4 Å². The van der Waals surface area contributed by atoms with Crippen molar-refractivity contribution in [3.05, 3.63) is 77.4 Å². The Balaban J connectivity index is 1.13. The molecule has 1 heterocycles. The summed E-state index contributed by atoms with van der Waals surface area (Å²) in [6.07, 6.45) is 7.02. The molecule has 3 fully saturated rings. The van der Waals surface area contributed by atoms with Gasteiger partial charge in [0.25, 0.3) is 11.8 Å². The van der Waals surface area contributed by atoms with Crippen LogP contribution in [0, 0.1) is 46.8 Å². The molecule has 158 valence electrons. The van der Waals surface area contributed by atoms with Gasteiger partial charge in [0, 0.05) is 5.56 Å². The Bertz CT molecular complexity index is 1170. The van der Waals surface area contributed by atoms with Crippen molar-refractivity contribution in [2.45, 2.75) is 13.0 Å². The molecule has 32 heavy (non-hydrogen) atoms. The molecule has 4 aliphatic carbocycles. The number of allylic oxidation sites excluding steroid dienone is 2. The zero-order chi connectivity index (χ0) is 21.8. The Morgan fingerprint density at radius 2 is 1.66 bits per heavy atom. The van der Waals surface area contributed by atoms with E-state index in [0.29, 0.717) is 29.8 Å². The number of hydrogen-bond donors (Lipinski definition) is 0. The lowest BCUT2D eigenvalue weighted by molar-refractivity contribution is -0.140. The topological polar surface area (TPSA) is 82.8 Å². The Morgan fingerprint density at radius 1 is 1.00 bits per heavy atom. The fourth-order valence-corrected chi connectivity index (χ4v) is 5.75. The van der Waals surface area contributed by atoms with Crippen LogP contribution < -0.4 is 4.74 Å². The zero-order valence-corrected chi connectivity index (χ0v) is 17.3. The lowest BCUT2D eigenvalue weighted by Gasteiger charge is -2.37. The predicted octanol–water partition coefficient (Wildman–Crippen LogP) is 3.52. The lowest BCUT2D eigenvalue weighted by atomic mass is 9.63. The molecule has 2 aromatic carbocycles. The maximum atomic E-state index is 13.0. The molecule has 6 atom stereocenters. The molecule has 2 bridgehead atoms. The summed E-state index contributed by atoms with van der Waals surface area (Å²) < 4.78 is 5.79. The van der Waals surface area contributed by atoms with E-state index < -0.39 is 0 Å². The predicted molar refractivity (Wildman–Crippen MR) is 116 cm³/mol. The molecule has 1 aliphatic heterocycles. The second kappa shape index (κ2) is 7.16. The molecule has 0 spiro atoms. The summed E-state index contributed by atoms with van der Waals surface area (Å²) >= 11 is 0. The van der Waals surface area contributed by atoms with E-state index in [0.717, 1.165) is 22.6 Å². The van der Waals surface area contributed by atoms with E-state index in [1.54, 1.807) is 24.4 Å². The van der Waals surface area contributed by atoms with Crippen molar-refractivity contribution in [3.8, 4) is 11.8 Å². The molecule has 2 aromatic rings. The zero-order valence-electron chi connectivity index (χ0n) is 17.3. The number of nitrogens with zero attached hydrogens (tertiary/aromatic N) is 3. The van der Waals surface area contributed by atoms with Gasteiger partial charge < -0.3 is 4.74 Å². The van der Waals surface area contributed by atoms with Gasteiger partial charge in [-0.15, -0.1) is 0 Å². The van der Waals surface area contributed by atoms with Crippen LogP contribution in [-0.4, -0.2) is 23.0 Å². The van der Waals surface area contributed by atoms with Crippen molar-refractivity contribution in [2.24, 2.45) is 40.6 Å². The molecular formula is C26H21N3O3. The summed E-state index contributed by atoms with van der Waals surface area (Å²) in [5.74, 6) is 1.46. The van der Waals surface area contributed by atoms with Crippen LogP contribution in [0.25, 0.3) is 0 Å². The third-order valence-corrected chi connectivity index (χ3v) is 7.37. The standard InChI is InChI=1S/C26H21N3O3/c27-12-16-3-1-2-4-17(16)14-32-18-7-5-15(6-8-18)13-28-29-25(30)23-19-9-10-20(22-11-21(19)22)24(23)26(29)31/h1-10,13,19-24H,11,14H2/b28-13-/t19-,20-,21-,22+,23+,24-/m1/s1. The minimum atomic E-state index is -0.231. The third kappa shape index (κ3) is 2.89. The summed E-state index contributed by atoms with van der Waals surface area (Å²) in [4.78, 5) is 25.9. The van der Waals surface area contributed by atoms with Gasteiger partial charge in [0.15, 0.2) is 0 Å². The first-order valence-electron chi connectivity index (χ1n) is 11.0. The smallest absolute Gasteiger partial charge is 0.254 e. The van der Waals surface area contributed by atoms with E-state index in [9.17, 15) is 14.9 Å². The number of hydrazone groups is 1. The molecule has 6 heteroatoms. The van der Waals surface area contributed by atoms with E-state index in [1.165, 1.54) is 0 Å². The SMILES string of the molecule is N#Cc1ccccc1COc1ccc(/C=N\N2C(=O)[C@@H]3[C@@H]4C=C[C@H]([C@H]5C[C@@H]45)[C@@H]3C2=O)cc1. The van der Waals surface area contributed by atoms with E-state index in [-0.39, 0.29) is 35.5 Å². The molecular weight excluding hydrogens is 402 g/mol. The summed E-state index contributed by atoms with van der Waals surface area (Å²) in [5.41, 5.74) is 2.20. The van der Waals surface area contributed by atoms with Gasteiger partial charge in [-0.25, -0.2) is 0 Å². The van der Waals surface area contributed by atoms with Crippen LogP contribution in [0.2, 0.25) is 0 Å². The van der Waals surface area contributed by atoms with Gasteiger partial charge in [0.1, 0.15) is 12.4 Å². The Hall–Kier alpha value is -3.72. The Labute approximate surface area is 185 Å². The summed E-state index contributed by atoms with van der Waals surface area (Å²) in [7, 11) is 0. The van der Waals surface area contributed by atoms with Crippen LogP contribution in [0.1, 0.15) is 23.1 Å². The summed E-state index contributed by atoms with van der Waals surface area (Å²) in [6.45, 7) is 0.301. The number of nitriles is 1. The Morgan fingerprint density at radius 3 is 2.31 bits per heavy atom. The van der Waals surface area contributed by atoms with Crippen molar-refractivity contribution in [1.82, 2.24) is 5.01 Å². The fourth-order valence-electron chi connectivity index (χ4n) is 5.75. The number of imide groups is 1. The van der Waals surface area contributed by atoms with Crippen LogP contribution >= 0.6 is 0 Å². The molecule has 0 N–H and O–H groups in total. The highest BCUT2D eigenvalue weighted by Gasteiger charge is 2.67. The molecule has 0 aromatic heterocycles. The fraction of sp³-hybridized carbons (Fsp3) is 0.308. The van der Waals surface area contributed by atoms with Crippen LogP contribution in [0.15, 0.2) is 65.8 Å². The number of rotatable bonds is 5. The maximum Gasteiger partial charge on any atom is 0.254 e. The third-order valence-electron chi connectivity index (χ3n) is 7.37. The quantitative estimate of drug-likeness (QED) is 0.419. The van der Waals surface area contributed by atoms with Gasteiger partial charge in [-0.3, -0.25) is 9.59 Å². The van der Waals surface area contributed by atoms with Crippen molar-refractivity contribution < 1.29 is 14.3 Å². The van der Waals surface area contributed by atoms with Crippen molar-refractivity contribution in [3.63, 3.8) is 0 Å². The highest BCUT2D eigenvalue weighted by atomic mass is 16.5. The first-order valence-corrected chi connectivity index (χ1v) is 11.0. The van der Waals surface area contributed by atoms with Gasteiger partial charge in [-0.05, 0) is 66.0 Å². The normalized spacial score (nSPS) is 31.5. The average molecular weight is 423 g/mol. The summed E-state index contributed by atoms with van der Waals surface area (Å²) in [6, 6.07) is 16.8. The van der Waals surface area contributed by atoms with Crippen LogP contribution in [0.3, 0.4) is 0 Å². The number of carbonyl (C=O) groups excluding carboxylic acids is 2. The highest BCUT2D eigenvalue weighted by molar-refractivity contribution is 6.06. The van der Waals surface area contributed by atoms with Gasteiger partial charge in [-0.1, -0.05) is 30.4 Å². The van der Waals surface area contributed by atoms with Crippen LogP contribution in [0.5, 0.6) is 5.75 Å². The molecule has 5 aliphatic rings. The van der Waals surface area contributed by atoms with E-state index in [2.05, 4.69) is 23.3 Å². The molecule has 2 saturated carbocycles. The molecule has 7 rings (SSSR count). The van der Waals surface area contributed by atoms with Crippen LogP contribution in [-0.2, 0) is 16.2 Å². The van der Waals surface area contributed by atoms with Crippen molar-refractivity contribution in [2.75, 3.05) is 0 Å². The number of ether oxygens (including phenoxy) is 1. The number of amides is 2. The van der Waals surface area contributed by atoms with E-state index >= 15 is 0 Å². The minimum absolute atomic E-state index is 0.155. The number of benzene rings is 2. The molecule has 2 amide bonds. The lowest BCUT2D eigenvalue weighted by Crippen LogP contribution is -2.40. The first-order chi connectivity index (χ1) is 15.7. The second-order valence-electron chi connectivity index (χ2n) is 9.01. The molecule has 0 unspecified atom stereocenters. The molecule has 6 nitrogen and oxygen atoms in total. The molecule has 0 radical (unpaired) electrons. The van der Waals surface area contributed by atoms with Gasteiger partial charge >= 0.3 is 0 Å². The minimum Gasteiger partial charge on any atom is -0.489 e. The van der Waals surface area contributed by atoms with Crippen molar-refractivity contribution in [1.29, 1.82) is 5.26 Å². The van der Waals surface area contributed by atoms with Crippen molar-refractivity contribution >= 4 is 18.0 Å². The summed E-state index contributed by atoms with van der Waals surface area (Å²) in [5, 5.41) is 14.5. The molecule has 1 saturated heterocycles. The monoisotopic (exact) mass is 423 g/mol. The Kier molecular flexibility index (Phi) is 4.25. The van der Waals surface area contributed by atoms with E-state index in [1.807, 2.05) is 30.3 Å². The second-order valence-corrected chi connectivity index (χ2v) is 9.01. The van der Waals surface area contributed by atoms with E-state index in [4.69, 9.17) is 4.74 Å². The number of hydrogen-bond acceptors (Lipinski definition) is 5. The van der Waals surface area contributed by atoms with Gasteiger partial charge in [0.05, 0.1) is 29.7 Å². The maximum absolute atomic E-state index is 13.0. The average Bonchev–Trinajstić information content (AvgIpc) is 3.61. The largest absolute Gasteiger partial charge is 0.489 e. The highest BCUT2D eigenvalue weighted by Crippen LogP contribution is 2.65. The number of carbonyl (C=O) groups is 2. The van der Waals surface area contributed by atoms with Gasteiger partial charge in [0.2, 0.25) is 0 Å².